The zero-order valence-corrected chi connectivity index (χ0v) is 20.9. The highest BCUT2D eigenvalue weighted by atomic mass is 79.9. The molecule has 2 heterocycles. The molecule has 0 spiro atoms. The summed E-state index contributed by atoms with van der Waals surface area (Å²) in [6.45, 7) is 1.32. The number of hydrogen-bond acceptors (Lipinski definition) is 5. The molecule has 168 valence electrons. The smallest absolute Gasteiger partial charge is 0.321 e. The molecule has 1 fully saturated rings. The third-order valence-corrected chi connectivity index (χ3v) is 7.29. The molecule has 2 aromatic carbocycles. The standard InChI is InChI=1S/C23H23BrClN3O3S/c1-30-20-12-21(31-2)18(11-17(20)25)27-23(29)28-8-6-14(7-9-28)22-26-19(13-32-22)15-4-3-5-16(24)10-15/h3-5,10-14H,6-9H2,1-2H3,(H,27,29). The van der Waals surface area contributed by atoms with Crippen molar-refractivity contribution in [2.45, 2.75) is 18.8 Å². The van der Waals surface area contributed by atoms with Crippen LogP contribution < -0.4 is 14.8 Å². The van der Waals surface area contributed by atoms with Gasteiger partial charge < -0.3 is 19.7 Å². The van der Waals surface area contributed by atoms with Gasteiger partial charge in [0.25, 0.3) is 0 Å². The number of rotatable bonds is 5. The van der Waals surface area contributed by atoms with E-state index in [1.165, 1.54) is 7.11 Å². The third-order valence-electron chi connectivity index (χ3n) is 5.49. The molecule has 0 atom stereocenters. The van der Waals surface area contributed by atoms with Gasteiger partial charge in [-0.1, -0.05) is 39.7 Å². The number of amides is 2. The Bertz CT molecular complexity index is 1120. The van der Waals surface area contributed by atoms with E-state index in [0.29, 0.717) is 41.2 Å². The predicted octanol–water partition coefficient (Wildman–Crippen LogP) is 6.65. The molecule has 0 unspecified atom stereocenters. The number of urea groups is 1. The van der Waals surface area contributed by atoms with Crippen LogP contribution in [-0.4, -0.2) is 43.2 Å². The summed E-state index contributed by atoms with van der Waals surface area (Å²) >= 11 is 11.4. The van der Waals surface area contributed by atoms with E-state index in [2.05, 4.69) is 38.8 Å². The summed E-state index contributed by atoms with van der Waals surface area (Å²) in [6, 6.07) is 11.3. The SMILES string of the molecule is COc1cc(OC)c(NC(=O)N2CCC(c3nc(-c4cccc(Br)c4)cs3)CC2)cc1Cl. The molecular weight excluding hydrogens is 514 g/mol. The lowest BCUT2D eigenvalue weighted by atomic mass is 9.98. The second-order valence-electron chi connectivity index (χ2n) is 7.46. The van der Waals surface area contributed by atoms with Gasteiger partial charge in [-0.25, -0.2) is 9.78 Å². The Morgan fingerprint density at radius 3 is 2.62 bits per heavy atom. The molecule has 2 amide bonds. The summed E-state index contributed by atoms with van der Waals surface area (Å²) < 4.78 is 11.6. The lowest BCUT2D eigenvalue weighted by Gasteiger charge is -2.31. The minimum Gasteiger partial charge on any atom is -0.495 e. The number of piperidine rings is 1. The van der Waals surface area contributed by atoms with Gasteiger partial charge in [0.15, 0.2) is 0 Å². The number of halogens is 2. The number of likely N-dealkylation sites (tertiary alicyclic amines) is 1. The first-order valence-electron chi connectivity index (χ1n) is 10.2. The van der Waals surface area contributed by atoms with Gasteiger partial charge in [-0.05, 0) is 31.0 Å². The van der Waals surface area contributed by atoms with Crippen LogP contribution in [0.1, 0.15) is 23.8 Å². The van der Waals surface area contributed by atoms with Crippen molar-refractivity contribution < 1.29 is 14.3 Å². The lowest BCUT2D eigenvalue weighted by molar-refractivity contribution is 0.194. The second-order valence-corrected chi connectivity index (χ2v) is 9.67. The molecule has 1 aliphatic rings. The molecule has 0 saturated carbocycles. The van der Waals surface area contributed by atoms with Crippen LogP contribution in [0.2, 0.25) is 5.02 Å². The molecule has 9 heteroatoms. The molecule has 0 aliphatic carbocycles. The molecule has 1 N–H and O–H groups in total. The van der Waals surface area contributed by atoms with E-state index in [9.17, 15) is 4.79 Å². The van der Waals surface area contributed by atoms with E-state index in [0.717, 1.165) is 33.6 Å². The number of methoxy groups -OCH3 is 2. The maximum Gasteiger partial charge on any atom is 0.321 e. The van der Waals surface area contributed by atoms with E-state index < -0.39 is 0 Å². The van der Waals surface area contributed by atoms with Crippen molar-refractivity contribution in [1.82, 2.24) is 9.88 Å². The topological polar surface area (TPSA) is 63.7 Å². The van der Waals surface area contributed by atoms with Crippen LogP contribution in [0.25, 0.3) is 11.3 Å². The van der Waals surface area contributed by atoms with Crippen LogP contribution in [0.15, 0.2) is 46.3 Å². The van der Waals surface area contributed by atoms with E-state index in [-0.39, 0.29) is 6.03 Å². The van der Waals surface area contributed by atoms with Crippen LogP contribution in [0.4, 0.5) is 10.5 Å². The number of carbonyl (C=O) groups excluding carboxylic acids is 1. The summed E-state index contributed by atoms with van der Waals surface area (Å²) in [4.78, 5) is 19.5. The fraction of sp³-hybridized carbons (Fsp3) is 0.304. The van der Waals surface area contributed by atoms with Crippen molar-refractivity contribution in [3.8, 4) is 22.8 Å². The van der Waals surface area contributed by atoms with Crippen molar-refractivity contribution in [2.24, 2.45) is 0 Å². The van der Waals surface area contributed by atoms with Crippen molar-refractivity contribution in [3.63, 3.8) is 0 Å². The van der Waals surface area contributed by atoms with Crippen LogP contribution in [-0.2, 0) is 0 Å². The van der Waals surface area contributed by atoms with Gasteiger partial charge in [0.2, 0.25) is 0 Å². The van der Waals surface area contributed by atoms with Gasteiger partial charge in [0, 0.05) is 40.5 Å². The normalized spacial score (nSPS) is 14.3. The van der Waals surface area contributed by atoms with Gasteiger partial charge in [0.05, 0.1) is 35.6 Å². The average Bonchev–Trinajstić information content (AvgIpc) is 3.30. The molecule has 4 rings (SSSR count). The van der Waals surface area contributed by atoms with Gasteiger partial charge in [0.1, 0.15) is 11.5 Å². The average molecular weight is 537 g/mol. The Kier molecular flexibility index (Phi) is 7.23. The van der Waals surface area contributed by atoms with Crippen LogP contribution in [0.5, 0.6) is 11.5 Å². The highest BCUT2D eigenvalue weighted by Gasteiger charge is 2.26. The van der Waals surface area contributed by atoms with Crippen LogP contribution in [0.3, 0.4) is 0 Å². The fourth-order valence-electron chi connectivity index (χ4n) is 3.74. The molecule has 1 aromatic heterocycles. The van der Waals surface area contributed by atoms with Gasteiger partial charge in [-0.3, -0.25) is 0 Å². The number of carbonyl (C=O) groups is 1. The zero-order chi connectivity index (χ0) is 22.7. The molecule has 1 aliphatic heterocycles. The summed E-state index contributed by atoms with van der Waals surface area (Å²) in [5.41, 5.74) is 2.62. The largest absolute Gasteiger partial charge is 0.495 e. The van der Waals surface area contributed by atoms with Crippen molar-refractivity contribution >= 4 is 50.6 Å². The first kappa shape index (κ1) is 22.9. The van der Waals surface area contributed by atoms with E-state index >= 15 is 0 Å². The van der Waals surface area contributed by atoms with Crippen molar-refractivity contribution in [1.29, 1.82) is 0 Å². The van der Waals surface area contributed by atoms with Crippen molar-refractivity contribution in [2.75, 3.05) is 32.6 Å². The molecular formula is C23H23BrClN3O3S. The Balaban J connectivity index is 1.38. The fourth-order valence-corrected chi connectivity index (χ4v) is 5.38. The number of nitrogens with zero attached hydrogens (tertiary/aromatic N) is 2. The number of anilines is 1. The molecule has 0 radical (unpaired) electrons. The first-order chi connectivity index (χ1) is 15.5. The maximum atomic E-state index is 12.8. The number of thiazole rings is 1. The van der Waals surface area contributed by atoms with Crippen molar-refractivity contribution in [3.05, 3.63) is 56.3 Å². The van der Waals surface area contributed by atoms with E-state index in [1.54, 1.807) is 30.6 Å². The number of ether oxygens (including phenoxy) is 2. The van der Waals surface area contributed by atoms with Gasteiger partial charge >= 0.3 is 6.03 Å². The Labute approximate surface area is 204 Å². The molecule has 0 bridgehead atoms. The van der Waals surface area contributed by atoms with Crippen LogP contribution in [0, 0.1) is 0 Å². The Morgan fingerprint density at radius 1 is 1.19 bits per heavy atom. The summed E-state index contributed by atoms with van der Waals surface area (Å²) in [5, 5.41) is 6.56. The monoisotopic (exact) mass is 535 g/mol. The van der Waals surface area contributed by atoms with Gasteiger partial charge in [-0.15, -0.1) is 11.3 Å². The number of aromatic nitrogens is 1. The summed E-state index contributed by atoms with van der Waals surface area (Å²) in [7, 11) is 3.08. The zero-order valence-electron chi connectivity index (χ0n) is 17.7. The second kappa shape index (κ2) is 10.1. The minimum absolute atomic E-state index is 0.169. The maximum absolute atomic E-state index is 12.8. The lowest BCUT2D eigenvalue weighted by Crippen LogP contribution is -2.40. The molecule has 1 saturated heterocycles. The summed E-state index contributed by atoms with van der Waals surface area (Å²) in [6.07, 6.45) is 1.75. The highest BCUT2D eigenvalue weighted by molar-refractivity contribution is 9.10. The number of hydrogen-bond donors (Lipinski definition) is 1. The molecule has 32 heavy (non-hydrogen) atoms. The Hall–Kier alpha value is -2.29. The Morgan fingerprint density at radius 2 is 1.94 bits per heavy atom. The third kappa shape index (κ3) is 5.03. The summed E-state index contributed by atoms with van der Waals surface area (Å²) in [5.74, 6) is 1.35. The first-order valence-corrected chi connectivity index (χ1v) is 12.2. The van der Waals surface area contributed by atoms with E-state index in [4.69, 9.17) is 26.1 Å². The van der Waals surface area contributed by atoms with Gasteiger partial charge in [-0.2, -0.15) is 0 Å². The van der Waals surface area contributed by atoms with E-state index in [1.807, 2.05) is 17.0 Å². The minimum atomic E-state index is -0.169. The molecule has 3 aromatic rings. The number of nitrogens with one attached hydrogen (secondary N) is 1. The molecule has 6 nitrogen and oxygen atoms in total. The highest BCUT2D eigenvalue weighted by Crippen LogP contribution is 2.37. The van der Waals surface area contributed by atoms with Crippen LogP contribution >= 0.6 is 38.9 Å². The number of benzene rings is 2. The predicted molar refractivity (Wildman–Crippen MR) is 132 cm³/mol. The quantitative estimate of drug-likeness (QED) is 0.396.